The van der Waals surface area contributed by atoms with E-state index in [4.69, 9.17) is 5.73 Å². The van der Waals surface area contributed by atoms with Crippen LogP contribution in [0.1, 0.15) is 0 Å². The lowest BCUT2D eigenvalue weighted by atomic mass is 10.4. The fraction of sp³-hybridized carbons (Fsp3) is 0.0909. The third-order valence-corrected chi connectivity index (χ3v) is 2.56. The molecule has 0 saturated heterocycles. The molecular weight excluding hydrogens is 202 g/mol. The second-order valence-corrected chi connectivity index (χ2v) is 3.66. The van der Waals surface area contributed by atoms with Crippen LogP contribution in [0.25, 0.3) is 17.2 Å². The first kappa shape index (κ1) is 8.96. The van der Waals surface area contributed by atoms with Gasteiger partial charge in [0.2, 0.25) is 0 Å². The van der Waals surface area contributed by atoms with Crippen LogP contribution in [0.2, 0.25) is 0 Å². The number of nitrogens with zero attached hydrogens (tertiary/aromatic N) is 4. The molecule has 0 atom stereocenters. The number of aromatic nitrogens is 4. The third-order valence-electron chi connectivity index (χ3n) is 2.56. The molecule has 0 radical (unpaired) electrons. The second kappa shape index (κ2) is 3.10. The predicted molar refractivity (Wildman–Crippen MR) is 61.8 cm³/mol. The van der Waals surface area contributed by atoms with Gasteiger partial charge in [0.25, 0.3) is 0 Å². The van der Waals surface area contributed by atoms with E-state index in [1.165, 1.54) is 0 Å². The molecule has 0 aromatic carbocycles. The lowest BCUT2D eigenvalue weighted by Gasteiger charge is -1.96. The summed E-state index contributed by atoms with van der Waals surface area (Å²) in [6.45, 7) is 0. The van der Waals surface area contributed by atoms with Crippen LogP contribution in [-0.2, 0) is 7.05 Å². The lowest BCUT2D eigenvalue weighted by Crippen LogP contribution is -1.97. The van der Waals surface area contributed by atoms with Gasteiger partial charge in [-0.2, -0.15) is 4.52 Å². The number of nitrogens with two attached hydrogens (primary N) is 1. The molecule has 0 fully saturated rings. The van der Waals surface area contributed by atoms with E-state index in [0.29, 0.717) is 11.6 Å². The van der Waals surface area contributed by atoms with Gasteiger partial charge in [-0.3, -0.25) is 0 Å². The molecule has 0 amide bonds. The summed E-state index contributed by atoms with van der Waals surface area (Å²) in [5, 5.41) is 4.38. The first-order valence-electron chi connectivity index (χ1n) is 4.99. The number of nitrogen functional groups attached to an aromatic ring is 1. The van der Waals surface area contributed by atoms with E-state index in [-0.39, 0.29) is 0 Å². The van der Waals surface area contributed by atoms with Crippen LogP contribution in [0, 0.1) is 0 Å². The van der Waals surface area contributed by atoms with Crippen molar-refractivity contribution < 1.29 is 0 Å². The maximum atomic E-state index is 5.81. The van der Waals surface area contributed by atoms with Gasteiger partial charge in [-0.1, -0.05) is 6.07 Å². The molecule has 0 aliphatic rings. The molecule has 16 heavy (non-hydrogen) atoms. The van der Waals surface area contributed by atoms with Crippen molar-refractivity contribution in [2.24, 2.45) is 7.05 Å². The fourth-order valence-corrected chi connectivity index (χ4v) is 1.73. The SMILES string of the molecule is Cn1cccc1-c1nc2cccc(N)n2n1. The van der Waals surface area contributed by atoms with Gasteiger partial charge >= 0.3 is 0 Å². The summed E-state index contributed by atoms with van der Waals surface area (Å²) in [6.07, 6.45) is 1.96. The molecule has 5 heteroatoms. The van der Waals surface area contributed by atoms with Crippen LogP contribution < -0.4 is 5.73 Å². The molecule has 2 N–H and O–H groups in total. The minimum atomic E-state index is 0.588. The molecule has 3 heterocycles. The highest BCUT2D eigenvalue weighted by molar-refractivity contribution is 5.56. The summed E-state index contributed by atoms with van der Waals surface area (Å²) in [4.78, 5) is 4.43. The molecule has 0 aliphatic heterocycles. The Kier molecular flexibility index (Phi) is 1.73. The van der Waals surface area contributed by atoms with Crippen LogP contribution in [0.5, 0.6) is 0 Å². The average molecular weight is 213 g/mol. The van der Waals surface area contributed by atoms with Crippen molar-refractivity contribution in [3.05, 3.63) is 36.5 Å². The Labute approximate surface area is 92.1 Å². The van der Waals surface area contributed by atoms with Crippen LogP contribution in [0.3, 0.4) is 0 Å². The Hall–Kier alpha value is -2.30. The normalized spacial score (nSPS) is 11.1. The zero-order chi connectivity index (χ0) is 11.1. The van der Waals surface area contributed by atoms with Gasteiger partial charge in [-0.15, -0.1) is 5.10 Å². The maximum absolute atomic E-state index is 5.81. The van der Waals surface area contributed by atoms with Crippen molar-refractivity contribution in [2.75, 3.05) is 5.73 Å². The number of rotatable bonds is 1. The van der Waals surface area contributed by atoms with Gasteiger partial charge in [-0.25, -0.2) is 4.98 Å². The molecule has 0 saturated carbocycles. The number of aryl methyl sites for hydroxylation is 1. The highest BCUT2D eigenvalue weighted by atomic mass is 15.3. The van der Waals surface area contributed by atoms with Crippen molar-refractivity contribution in [3.63, 3.8) is 0 Å². The molecule has 0 bridgehead atoms. The third kappa shape index (κ3) is 1.18. The molecule has 0 unspecified atom stereocenters. The van der Waals surface area contributed by atoms with Gasteiger partial charge in [-0.05, 0) is 24.3 Å². The monoisotopic (exact) mass is 213 g/mol. The van der Waals surface area contributed by atoms with Crippen molar-refractivity contribution in [3.8, 4) is 11.5 Å². The summed E-state index contributed by atoms with van der Waals surface area (Å²) < 4.78 is 3.62. The highest BCUT2D eigenvalue weighted by Gasteiger charge is 2.09. The topological polar surface area (TPSA) is 61.1 Å². The molecule has 0 spiro atoms. The van der Waals surface area contributed by atoms with Gasteiger partial charge in [0.05, 0.1) is 5.69 Å². The standard InChI is InChI=1S/C11H11N5/c1-15-7-3-4-8(15)11-13-10-6-2-5-9(12)16(10)14-11/h2-7H,12H2,1H3. The van der Waals surface area contributed by atoms with E-state index in [1.54, 1.807) is 10.6 Å². The molecule has 3 rings (SSSR count). The van der Waals surface area contributed by atoms with E-state index in [0.717, 1.165) is 11.3 Å². The summed E-state index contributed by atoms with van der Waals surface area (Å²) in [5.41, 5.74) is 7.55. The Morgan fingerprint density at radius 2 is 2.06 bits per heavy atom. The van der Waals surface area contributed by atoms with Gasteiger partial charge < -0.3 is 10.3 Å². The highest BCUT2D eigenvalue weighted by Crippen LogP contribution is 2.17. The summed E-state index contributed by atoms with van der Waals surface area (Å²) in [5.74, 6) is 1.27. The predicted octanol–water partition coefficient (Wildman–Crippen LogP) is 1.32. The molecule has 80 valence electrons. The molecular formula is C11H11N5. The Balaban J connectivity index is 2.27. The minimum Gasteiger partial charge on any atom is -0.384 e. The van der Waals surface area contributed by atoms with Crippen molar-refractivity contribution in [2.45, 2.75) is 0 Å². The molecule has 3 aromatic heterocycles. The number of pyridine rings is 1. The fourth-order valence-electron chi connectivity index (χ4n) is 1.73. The van der Waals surface area contributed by atoms with Crippen LogP contribution in [-0.4, -0.2) is 19.2 Å². The molecule has 3 aromatic rings. The van der Waals surface area contributed by atoms with Crippen LogP contribution in [0.15, 0.2) is 36.5 Å². The van der Waals surface area contributed by atoms with Gasteiger partial charge in [0, 0.05) is 13.2 Å². The second-order valence-electron chi connectivity index (χ2n) is 3.66. The number of anilines is 1. The molecule has 0 aliphatic carbocycles. The summed E-state index contributed by atoms with van der Waals surface area (Å²) in [7, 11) is 1.96. The van der Waals surface area contributed by atoms with Crippen LogP contribution in [0.4, 0.5) is 5.82 Å². The van der Waals surface area contributed by atoms with E-state index < -0.39 is 0 Å². The van der Waals surface area contributed by atoms with Gasteiger partial charge in [0.15, 0.2) is 11.5 Å². The van der Waals surface area contributed by atoms with E-state index in [9.17, 15) is 0 Å². The van der Waals surface area contributed by atoms with E-state index >= 15 is 0 Å². The molecule has 5 nitrogen and oxygen atoms in total. The van der Waals surface area contributed by atoms with E-state index in [1.807, 2.05) is 42.1 Å². The first-order chi connectivity index (χ1) is 7.75. The lowest BCUT2D eigenvalue weighted by molar-refractivity contribution is 0.910. The Morgan fingerprint density at radius 3 is 2.75 bits per heavy atom. The van der Waals surface area contributed by atoms with E-state index in [2.05, 4.69) is 10.1 Å². The van der Waals surface area contributed by atoms with Crippen LogP contribution >= 0.6 is 0 Å². The smallest absolute Gasteiger partial charge is 0.198 e. The number of hydrogen-bond acceptors (Lipinski definition) is 3. The van der Waals surface area contributed by atoms with Gasteiger partial charge in [0.1, 0.15) is 5.82 Å². The van der Waals surface area contributed by atoms with Crippen molar-refractivity contribution in [1.29, 1.82) is 0 Å². The quantitative estimate of drug-likeness (QED) is 0.663. The van der Waals surface area contributed by atoms with Crippen molar-refractivity contribution >= 4 is 11.5 Å². The summed E-state index contributed by atoms with van der Waals surface area (Å²) in [6, 6.07) is 9.50. The zero-order valence-corrected chi connectivity index (χ0v) is 8.83. The zero-order valence-electron chi connectivity index (χ0n) is 8.83. The number of hydrogen-bond donors (Lipinski definition) is 1. The minimum absolute atomic E-state index is 0.588. The Bertz CT molecular complexity index is 649. The largest absolute Gasteiger partial charge is 0.384 e. The Morgan fingerprint density at radius 1 is 1.19 bits per heavy atom. The average Bonchev–Trinajstić information content (AvgIpc) is 2.84. The summed E-state index contributed by atoms with van der Waals surface area (Å²) >= 11 is 0. The number of fused-ring (bicyclic) bond motifs is 1. The maximum Gasteiger partial charge on any atom is 0.198 e. The first-order valence-corrected chi connectivity index (χ1v) is 4.99. The van der Waals surface area contributed by atoms with Crippen molar-refractivity contribution in [1.82, 2.24) is 19.2 Å².